The third kappa shape index (κ3) is 3.51. The molecule has 1 N–H and O–H groups in total. The van der Waals surface area contributed by atoms with E-state index in [0.717, 1.165) is 18.8 Å². The number of aromatic nitrogens is 3. The number of hydrogen-bond donors (Lipinski definition) is 1. The second-order valence-electron chi connectivity index (χ2n) is 5.09. The number of aryl methyl sites for hydroxylation is 1. The minimum absolute atomic E-state index is 0.657. The SMILES string of the molecule is CC1CC(NCCc2ncn(C)n2)CCN1C. The molecule has 2 atom stereocenters. The fourth-order valence-corrected chi connectivity index (χ4v) is 2.36. The van der Waals surface area contributed by atoms with Gasteiger partial charge in [0.15, 0.2) is 5.82 Å². The molecule has 1 aliphatic heterocycles. The average Bonchev–Trinajstić information content (AvgIpc) is 2.70. The van der Waals surface area contributed by atoms with Crippen LogP contribution in [0.15, 0.2) is 6.33 Å². The maximum Gasteiger partial charge on any atom is 0.151 e. The summed E-state index contributed by atoms with van der Waals surface area (Å²) in [5.41, 5.74) is 0. The summed E-state index contributed by atoms with van der Waals surface area (Å²) in [6.07, 6.45) is 5.16. The molecule has 5 heteroatoms. The first-order chi connectivity index (χ1) is 8.15. The normalized spacial score (nSPS) is 26.3. The molecule has 0 amide bonds. The van der Waals surface area contributed by atoms with Crippen LogP contribution in [-0.2, 0) is 13.5 Å². The third-order valence-corrected chi connectivity index (χ3v) is 3.64. The average molecular weight is 237 g/mol. The smallest absolute Gasteiger partial charge is 0.151 e. The largest absolute Gasteiger partial charge is 0.313 e. The lowest BCUT2D eigenvalue weighted by atomic mass is 9.99. The van der Waals surface area contributed by atoms with Gasteiger partial charge in [0, 0.05) is 32.1 Å². The first-order valence-corrected chi connectivity index (χ1v) is 6.43. The van der Waals surface area contributed by atoms with Crippen LogP contribution in [-0.4, -0.2) is 51.9 Å². The molecule has 2 rings (SSSR count). The van der Waals surface area contributed by atoms with Crippen LogP contribution in [0.1, 0.15) is 25.6 Å². The van der Waals surface area contributed by atoms with E-state index in [9.17, 15) is 0 Å². The van der Waals surface area contributed by atoms with E-state index in [4.69, 9.17) is 0 Å². The molecule has 0 aliphatic carbocycles. The Bertz CT molecular complexity index is 348. The standard InChI is InChI=1S/C12H23N5/c1-10-8-11(5-7-16(10)2)13-6-4-12-14-9-17(3)15-12/h9-11,13H,4-8H2,1-3H3. The minimum Gasteiger partial charge on any atom is -0.313 e. The monoisotopic (exact) mass is 237 g/mol. The summed E-state index contributed by atoms with van der Waals surface area (Å²) in [6, 6.07) is 1.35. The van der Waals surface area contributed by atoms with E-state index in [-0.39, 0.29) is 0 Å². The first kappa shape index (κ1) is 12.5. The van der Waals surface area contributed by atoms with Gasteiger partial charge in [-0.3, -0.25) is 4.68 Å². The fourth-order valence-electron chi connectivity index (χ4n) is 2.36. The molecule has 5 nitrogen and oxygen atoms in total. The molecular weight excluding hydrogens is 214 g/mol. The van der Waals surface area contributed by atoms with Gasteiger partial charge in [-0.05, 0) is 33.4 Å². The van der Waals surface area contributed by atoms with Gasteiger partial charge in [0.25, 0.3) is 0 Å². The molecule has 0 spiro atoms. The van der Waals surface area contributed by atoms with E-state index in [2.05, 4.69) is 34.3 Å². The van der Waals surface area contributed by atoms with Crippen LogP contribution in [0, 0.1) is 0 Å². The lowest BCUT2D eigenvalue weighted by Gasteiger charge is -2.35. The zero-order chi connectivity index (χ0) is 12.3. The predicted molar refractivity (Wildman–Crippen MR) is 67.8 cm³/mol. The first-order valence-electron chi connectivity index (χ1n) is 6.43. The molecule has 0 bridgehead atoms. The molecule has 1 aromatic heterocycles. The third-order valence-electron chi connectivity index (χ3n) is 3.64. The quantitative estimate of drug-likeness (QED) is 0.825. The zero-order valence-corrected chi connectivity index (χ0v) is 11.1. The Labute approximate surface area is 103 Å². The van der Waals surface area contributed by atoms with Gasteiger partial charge in [-0.2, -0.15) is 5.10 Å². The van der Waals surface area contributed by atoms with Crippen molar-refractivity contribution >= 4 is 0 Å². The van der Waals surface area contributed by atoms with Crippen LogP contribution in [0.5, 0.6) is 0 Å². The molecule has 0 aromatic carbocycles. The van der Waals surface area contributed by atoms with E-state index >= 15 is 0 Å². The molecule has 2 heterocycles. The van der Waals surface area contributed by atoms with Gasteiger partial charge < -0.3 is 10.2 Å². The second kappa shape index (κ2) is 5.60. The molecule has 0 saturated carbocycles. The summed E-state index contributed by atoms with van der Waals surface area (Å²) in [5, 5.41) is 7.89. The van der Waals surface area contributed by atoms with Crippen molar-refractivity contribution in [2.24, 2.45) is 7.05 Å². The van der Waals surface area contributed by atoms with Crippen molar-refractivity contribution in [2.45, 2.75) is 38.3 Å². The number of nitrogens with zero attached hydrogens (tertiary/aromatic N) is 4. The minimum atomic E-state index is 0.657. The second-order valence-corrected chi connectivity index (χ2v) is 5.09. The predicted octanol–water partition coefficient (Wildman–Crippen LogP) is 0.430. The zero-order valence-electron chi connectivity index (χ0n) is 11.1. The van der Waals surface area contributed by atoms with E-state index < -0.39 is 0 Å². The lowest BCUT2D eigenvalue weighted by Crippen LogP contribution is -2.46. The molecule has 1 aliphatic rings. The molecule has 2 unspecified atom stereocenters. The van der Waals surface area contributed by atoms with Gasteiger partial charge in [0.1, 0.15) is 6.33 Å². The van der Waals surface area contributed by atoms with Crippen LogP contribution in [0.4, 0.5) is 0 Å². The Morgan fingerprint density at radius 2 is 2.29 bits per heavy atom. The maximum absolute atomic E-state index is 4.28. The highest BCUT2D eigenvalue weighted by molar-refractivity contribution is 4.85. The van der Waals surface area contributed by atoms with Crippen molar-refractivity contribution < 1.29 is 0 Å². The van der Waals surface area contributed by atoms with Gasteiger partial charge >= 0.3 is 0 Å². The van der Waals surface area contributed by atoms with Crippen LogP contribution in [0.3, 0.4) is 0 Å². The van der Waals surface area contributed by atoms with Gasteiger partial charge in [-0.1, -0.05) is 0 Å². The number of piperidine rings is 1. The highest BCUT2D eigenvalue weighted by atomic mass is 15.3. The van der Waals surface area contributed by atoms with Crippen molar-refractivity contribution in [2.75, 3.05) is 20.1 Å². The summed E-state index contributed by atoms with van der Waals surface area (Å²) in [7, 11) is 4.11. The highest BCUT2D eigenvalue weighted by Gasteiger charge is 2.21. The van der Waals surface area contributed by atoms with E-state index in [1.54, 1.807) is 11.0 Å². The number of hydrogen-bond acceptors (Lipinski definition) is 4. The Morgan fingerprint density at radius 3 is 2.94 bits per heavy atom. The highest BCUT2D eigenvalue weighted by Crippen LogP contribution is 2.14. The van der Waals surface area contributed by atoms with Crippen LogP contribution in [0.25, 0.3) is 0 Å². The number of rotatable bonds is 4. The molecule has 1 aromatic rings. The van der Waals surface area contributed by atoms with Crippen LogP contribution in [0.2, 0.25) is 0 Å². The summed E-state index contributed by atoms with van der Waals surface area (Å²) in [6.45, 7) is 4.47. The Hall–Kier alpha value is -0.940. The molecule has 0 radical (unpaired) electrons. The van der Waals surface area contributed by atoms with Gasteiger partial charge in [0.2, 0.25) is 0 Å². The topological polar surface area (TPSA) is 46.0 Å². The number of nitrogens with one attached hydrogen (secondary N) is 1. The van der Waals surface area contributed by atoms with Crippen molar-refractivity contribution in [1.82, 2.24) is 25.0 Å². The summed E-state index contributed by atoms with van der Waals surface area (Å²) < 4.78 is 1.76. The molecular formula is C12H23N5. The van der Waals surface area contributed by atoms with E-state index in [1.165, 1.54) is 19.4 Å². The van der Waals surface area contributed by atoms with Crippen LogP contribution < -0.4 is 5.32 Å². The summed E-state index contributed by atoms with van der Waals surface area (Å²) in [5.74, 6) is 0.931. The maximum atomic E-state index is 4.28. The van der Waals surface area contributed by atoms with E-state index in [1.807, 2.05) is 7.05 Å². The van der Waals surface area contributed by atoms with Crippen LogP contribution >= 0.6 is 0 Å². The Balaban J connectivity index is 1.69. The van der Waals surface area contributed by atoms with Crippen molar-refractivity contribution in [3.8, 4) is 0 Å². The van der Waals surface area contributed by atoms with Gasteiger partial charge in [-0.25, -0.2) is 4.98 Å². The van der Waals surface area contributed by atoms with Crippen molar-refractivity contribution in [1.29, 1.82) is 0 Å². The lowest BCUT2D eigenvalue weighted by molar-refractivity contribution is 0.169. The molecule has 96 valence electrons. The van der Waals surface area contributed by atoms with Gasteiger partial charge in [-0.15, -0.1) is 0 Å². The Morgan fingerprint density at radius 1 is 1.47 bits per heavy atom. The number of likely N-dealkylation sites (tertiary alicyclic amines) is 1. The van der Waals surface area contributed by atoms with Gasteiger partial charge in [0.05, 0.1) is 0 Å². The van der Waals surface area contributed by atoms with E-state index in [0.29, 0.717) is 12.1 Å². The summed E-state index contributed by atoms with van der Waals surface area (Å²) in [4.78, 5) is 6.66. The molecule has 17 heavy (non-hydrogen) atoms. The summed E-state index contributed by atoms with van der Waals surface area (Å²) >= 11 is 0. The van der Waals surface area contributed by atoms with Crippen molar-refractivity contribution in [3.63, 3.8) is 0 Å². The fraction of sp³-hybridized carbons (Fsp3) is 0.833. The molecule has 1 saturated heterocycles. The van der Waals surface area contributed by atoms with Crippen molar-refractivity contribution in [3.05, 3.63) is 12.2 Å². The Kier molecular flexibility index (Phi) is 4.12. The molecule has 1 fully saturated rings.